The normalized spacial score (nSPS) is 13.0. The van der Waals surface area contributed by atoms with Crippen molar-refractivity contribution >= 4 is 63.1 Å². The van der Waals surface area contributed by atoms with Crippen LogP contribution in [0, 0.1) is 16.3 Å². The third-order valence-electron chi connectivity index (χ3n) is 6.07. The molecular weight excluding hydrogens is 588 g/mol. The summed E-state index contributed by atoms with van der Waals surface area (Å²) in [5.74, 6) is -0.414. The molecule has 0 aliphatic heterocycles. The van der Waals surface area contributed by atoms with Gasteiger partial charge in [0.05, 0.1) is 16.9 Å². The maximum absolute atomic E-state index is 14.7. The third kappa shape index (κ3) is 4.14. The van der Waals surface area contributed by atoms with Crippen molar-refractivity contribution in [3.63, 3.8) is 0 Å². The van der Waals surface area contributed by atoms with Gasteiger partial charge in [0.2, 0.25) is 0 Å². The topological polar surface area (TPSA) is 104 Å². The molecule has 2 aromatic heterocycles. The molecule has 1 aliphatic carbocycles. The second kappa shape index (κ2) is 9.15. The number of halogens is 3. The molecule has 1 aliphatic rings. The van der Waals surface area contributed by atoms with Gasteiger partial charge in [-0.2, -0.15) is 0 Å². The van der Waals surface area contributed by atoms with Gasteiger partial charge in [0.25, 0.3) is 11.1 Å². The smallest absolute Gasteiger partial charge is 0.336 e. The number of hydrogen-bond acceptors (Lipinski definition) is 5. The Labute approximate surface area is 218 Å². The summed E-state index contributed by atoms with van der Waals surface area (Å²) in [4.78, 5) is 40.5. The summed E-state index contributed by atoms with van der Waals surface area (Å²) in [5, 5.41) is 3.08. The summed E-state index contributed by atoms with van der Waals surface area (Å²) in [5.41, 5.74) is 5.89. The lowest BCUT2D eigenvalue weighted by atomic mass is 10.1. The Hall–Kier alpha value is -3.12. The van der Waals surface area contributed by atoms with Crippen LogP contribution in [0.4, 0.5) is 21.6 Å². The Morgan fingerprint density at radius 1 is 1.09 bits per heavy atom. The number of aromatic nitrogens is 3. The Kier molecular flexibility index (Phi) is 6.54. The van der Waals surface area contributed by atoms with Gasteiger partial charge in [-0.25, -0.2) is 9.18 Å². The van der Waals surface area contributed by atoms with Gasteiger partial charge in [-0.05, 0) is 78.8 Å². The van der Waals surface area contributed by atoms with E-state index in [4.69, 9.17) is 5.73 Å². The second-order valence-corrected chi connectivity index (χ2v) is 9.68. The molecule has 5 rings (SSSR count). The van der Waals surface area contributed by atoms with E-state index in [9.17, 15) is 18.8 Å². The van der Waals surface area contributed by atoms with Crippen LogP contribution in [-0.4, -0.2) is 13.7 Å². The number of pyridine rings is 1. The summed E-state index contributed by atoms with van der Waals surface area (Å²) in [7, 11) is 1.51. The fourth-order valence-corrected chi connectivity index (χ4v) is 4.69. The van der Waals surface area contributed by atoms with Gasteiger partial charge in [0.15, 0.2) is 0 Å². The quantitative estimate of drug-likeness (QED) is 0.269. The van der Waals surface area contributed by atoms with Crippen molar-refractivity contribution in [1.29, 1.82) is 0 Å². The van der Waals surface area contributed by atoms with Crippen LogP contribution in [0.2, 0.25) is 0 Å². The Balaban J connectivity index is 0.00000289. The Morgan fingerprint density at radius 2 is 1.80 bits per heavy atom. The summed E-state index contributed by atoms with van der Waals surface area (Å²) in [6, 6.07) is 11.1. The summed E-state index contributed by atoms with van der Waals surface area (Å²) in [6.07, 6.45) is 1.41. The van der Waals surface area contributed by atoms with Gasteiger partial charge < -0.3 is 11.1 Å². The van der Waals surface area contributed by atoms with Crippen LogP contribution < -0.4 is 27.9 Å². The molecule has 2 heterocycles. The van der Waals surface area contributed by atoms with Crippen molar-refractivity contribution < 1.29 is 4.39 Å². The van der Waals surface area contributed by atoms with E-state index in [0.717, 1.165) is 0 Å². The van der Waals surface area contributed by atoms with Gasteiger partial charge in [0, 0.05) is 27.9 Å². The van der Waals surface area contributed by atoms with Crippen LogP contribution in [0.1, 0.15) is 24.4 Å². The minimum atomic E-state index is -0.534. The molecule has 0 spiro atoms. The molecule has 3 N–H and O–H groups in total. The molecule has 182 valence electrons. The molecule has 8 nitrogen and oxygen atoms in total. The van der Waals surface area contributed by atoms with E-state index in [1.54, 1.807) is 43.3 Å². The molecule has 0 saturated heterocycles. The predicted octanol–water partition coefficient (Wildman–Crippen LogP) is 3.99. The monoisotopic (exact) mass is 609 g/mol. The first-order chi connectivity index (χ1) is 16.2. The van der Waals surface area contributed by atoms with Crippen molar-refractivity contribution in [2.75, 3.05) is 11.1 Å². The lowest BCUT2D eigenvalue weighted by Gasteiger charge is -2.20. The van der Waals surface area contributed by atoms with E-state index in [2.05, 4.69) is 5.32 Å². The number of nitrogens with two attached hydrogens (primary N) is 1. The van der Waals surface area contributed by atoms with Crippen molar-refractivity contribution in [3.8, 4) is 5.69 Å². The molecule has 1 saturated carbocycles. The second-order valence-electron chi connectivity index (χ2n) is 8.43. The van der Waals surface area contributed by atoms with Gasteiger partial charge in [-0.1, -0.05) is 6.07 Å². The zero-order valence-corrected chi connectivity index (χ0v) is 21.8. The van der Waals surface area contributed by atoms with Gasteiger partial charge >= 0.3 is 5.69 Å². The lowest BCUT2D eigenvalue weighted by Crippen LogP contribution is -2.41. The van der Waals surface area contributed by atoms with Crippen LogP contribution in [0.25, 0.3) is 16.6 Å². The zero-order chi connectivity index (χ0) is 24.3. The van der Waals surface area contributed by atoms with Crippen molar-refractivity contribution in [3.05, 3.63) is 88.6 Å². The zero-order valence-electron chi connectivity index (χ0n) is 18.8. The maximum Gasteiger partial charge on any atom is 0.336 e. The molecule has 0 bridgehead atoms. The molecule has 0 atom stereocenters. The molecule has 4 aromatic rings. The maximum atomic E-state index is 14.7. The molecule has 0 amide bonds. The molecule has 1 fully saturated rings. The Bertz CT molecular complexity index is 1670. The first-order valence-corrected chi connectivity index (χ1v) is 11.8. The number of hydrogen-bond donors (Lipinski definition) is 2. The van der Waals surface area contributed by atoms with Crippen LogP contribution in [0.3, 0.4) is 0 Å². The number of benzene rings is 2. The molecule has 11 heteroatoms. The average Bonchev–Trinajstić information content (AvgIpc) is 3.62. The largest absolute Gasteiger partial charge is 0.399 e. The molecule has 35 heavy (non-hydrogen) atoms. The van der Waals surface area contributed by atoms with E-state index in [-0.39, 0.29) is 46.4 Å². The number of anilines is 3. The van der Waals surface area contributed by atoms with Crippen molar-refractivity contribution in [2.45, 2.75) is 25.8 Å². The van der Waals surface area contributed by atoms with E-state index in [1.165, 1.54) is 26.8 Å². The highest BCUT2D eigenvalue weighted by Crippen LogP contribution is 2.34. The summed E-state index contributed by atoms with van der Waals surface area (Å²) < 4.78 is 19.3. The predicted molar refractivity (Wildman–Crippen MR) is 146 cm³/mol. The van der Waals surface area contributed by atoms with Crippen LogP contribution in [-0.2, 0) is 7.05 Å². The van der Waals surface area contributed by atoms with Crippen molar-refractivity contribution in [1.82, 2.24) is 13.7 Å². The standard InChI is InChI=1S/C24H21FIN5O3.ClH/c1-12-20-19(21(29(2)22(12)32)28-18-9-6-13(26)10-17(18)25)23(33)31(15-7-8-15)24(34)30(20)16-5-3-4-14(27)11-16;/h3-6,9-11,15,28H,7-8,27H2,1-2H3;1H. The van der Waals surface area contributed by atoms with Crippen LogP contribution in [0.15, 0.2) is 56.8 Å². The fourth-order valence-electron chi connectivity index (χ4n) is 4.24. The fraction of sp³-hybridized carbons (Fsp3) is 0.208. The van der Waals surface area contributed by atoms with Crippen LogP contribution in [0.5, 0.6) is 0 Å². The van der Waals surface area contributed by atoms with Crippen LogP contribution >= 0.6 is 35.0 Å². The van der Waals surface area contributed by atoms with E-state index >= 15 is 0 Å². The summed E-state index contributed by atoms with van der Waals surface area (Å²) in [6.45, 7) is 1.57. The number of nitrogens with zero attached hydrogens (tertiary/aromatic N) is 3. The van der Waals surface area contributed by atoms with Crippen molar-refractivity contribution in [2.24, 2.45) is 7.05 Å². The lowest BCUT2D eigenvalue weighted by molar-refractivity contribution is 0.630. The summed E-state index contributed by atoms with van der Waals surface area (Å²) >= 11 is 2.00. The van der Waals surface area contributed by atoms with Gasteiger partial charge in [-0.3, -0.25) is 23.3 Å². The SMILES string of the molecule is Cc1c(=O)n(C)c(Nc2ccc(I)cc2F)c2c(=O)n(C3CC3)c(=O)n(-c3cccc(N)c3)c12.Cl. The molecule has 0 radical (unpaired) electrons. The average molecular weight is 610 g/mol. The Morgan fingerprint density at radius 3 is 2.43 bits per heavy atom. The van der Waals surface area contributed by atoms with E-state index < -0.39 is 22.6 Å². The first kappa shape index (κ1) is 25.0. The number of fused-ring (bicyclic) bond motifs is 1. The van der Waals surface area contributed by atoms with E-state index in [0.29, 0.717) is 27.8 Å². The minimum Gasteiger partial charge on any atom is -0.399 e. The molecule has 2 aromatic carbocycles. The highest BCUT2D eigenvalue weighted by molar-refractivity contribution is 14.1. The number of nitrogen functional groups attached to an aromatic ring is 1. The number of nitrogens with one attached hydrogen (secondary N) is 1. The number of aryl methyl sites for hydroxylation is 1. The van der Waals surface area contributed by atoms with Gasteiger partial charge in [0.1, 0.15) is 17.0 Å². The third-order valence-corrected chi connectivity index (χ3v) is 6.74. The highest BCUT2D eigenvalue weighted by Gasteiger charge is 2.31. The molecule has 0 unspecified atom stereocenters. The minimum absolute atomic E-state index is 0. The van der Waals surface area contributed by atoms with E-state index in [1.807, 2.05) is 22.6 Å². The first-order valence-electron chi connectivity index (χ1n) is 10.7. The molecular formula is C24H22ClFIN5O3. The number of rotatable bonds is 4. The highest BCUT2D eigenvalue weighted by atomic mass is 127. The van der Waals surface area contributed by atoms with Gasteiger partial charge in [-0.15, -0.1) is 12.4 Å².